The summed E-state index contributed by atoms with van der Waals surface area (Å²) in [5, 5.41) is 0. The van der Waals surface area contributed by atoms with Gasteiger partial charge >= 0.3 is 0 Å². The highest BCUT2D eigenvalue weighted by atomic mass is 79.9. The number of nitrogens with one attached hydrogen (secondary N) is 1. The summed E-state index contributed by atoms with van der Waals surface area (Å²) in [6.07, 6.45) is 1.76. The number of anilines is 2. The number of aromatic nitrogens is 1. The molecule has 17 heavy (non-hydrogen) atoms. The second-order valence-electron chi connectivity index (χ2n) is 4.25. The lowest BCUT2D eigenvalue weighted by atomic mass is 10.1. The summed E-state index contributed by atoms with van der Waals surface area (Å²) in [5.74, 6) is 0.856. The Morgan fingerprint density at radius 2 is 2.29 bits per heavy atom. The molecule has 0 amide bonds. The molecule has 7 heteroatoms. The monoisotopic (exact) mass is 318 g/mol. The van der Waals surface area contributed by atoms with Gasteiger partial charge in [0.05, 0.1) is 5.69 Å². The van der Waals surface area contributed by atoms with E-state index in [0.29, 0.717) is 6.04 Å². The molecular formula is C10H15BrN4OS. The number of rotatable bonds is 4. The average Bonchev–Trinajstić information content (AvgIpc) is 2.19. The summed E-state index contributed by atoms with van der Waals surface area (Å²) in [6, 6.07) is 2.45. The molecule has 1 N–H and O–H groups in total. The van der Waals surface area contributed by atoms with E-state index in [4.69, 9.17) is 0 Å². The van der Waals surface area contributed by atoms with Crippen molar-refractivity contribution in [3.63, 3.8) is 0 Å². The third-order valence-corrected chi connectivity index (χ3v) is 3.66. The maximum Gasteiger partial charge on any atom is 0.153 e. The van der Waals surface area contributed by atoms with E-state index in [1.165, 1.54) is 0 Å². The van der Waals surface area contributed by atoms with Crippen molar-refractivity contribution >= 4 is 39.3 Å². The van der Waals surface area contributed by atoms with Gasteiger partial charge < -0.3 is 14.5 Å². The molecule has 0 unspecified atom stereocenters. The molecule has 2 heterocycles. The summed E-state index contributed by atoms with van der Waals surface area (Å²) in [6.45, 7) is 1.90. The van der Waals surface area contributed by atoms with Crippen molar-refractivity contribution in [3.05, 3.63) is 16.7 Å². The third-order valence-electron chi connectivity index (χ3n) is 2.89. The SMILES string of the molecule is CN(C)C1CN(c2ncc(Br)cc2N[SH]=O)C1. The van der Waals surface area contributed by atoms with Gasteiger partial charge in [0.25, 0.3) is 0 Å². The molecule has 94 valence electrons. The summed E-state index contributed by atoms with van der Waals surface area (Å²) in [5.41, 5.74) is 0.785. The highest BCUT2D eigenvalue weighted by Crippen LogP contribution is 2.30. The smallest absolute Gasteiger partial charge is 0.153 e. The predicted molar refractivity (Wildman–Crippen MR) is 74.8 cm³/mol. The van der Waals surface area contributed by atoms with Gasteiger partial charge in [-0.1, -0.05) is 0 Å². The van der Waals surface area contributed by atoms with E-state index in [0.717, 1.165) is 29.1 Å². The van der Waals surface area contributed by atoms with Crippen LogP contribution < -0.4 is 9.62 Å². The predicted octanol–water partition coefficient (Wildman–Crippen LogP) is 0.866. The van der Waals surface area contributed by atoms with E-state index in [2.05, 4.69) is 49.5 Å². The van der Waals surface area contributed by atoms with Crippen molar-refractivity contribution in [2.24, 2.45) is 0 Å². The van der Waals surface area contributed by atoms with Gasteiger partial charge in [-0.05, 0) is 36.1 Å². The largest absolute Gasteiger partial charge is 0.352 e. The van der Waals surface area contributed by atoms with E-state index < -0.39 is 0 Å². The first-order valence-electron chi connectivity index (χ1n) is 5.27. The van der Waals surface area contributed by atoms with Crippen LogP contribution in [0.15, 0.2) is 16.7 Å². The Hall–Kier alpha value is -0.660. The molecule has 0 aliphatic carbocycles. The fourth-order valence-corrected chi connectivity index (χ4v) is 2.36. The maximum absolute atomic E-state index is 10.7. The van der Waals surface area contributed by atoms with Gasteiger partial charge in [0.15, 0.2) is 5.82 Å². The number of halogens is 1. The Morgan fingerprint density at radius 1 is 1.59 bits per heavy atom. The normalized spacial score (nSPS) is 16.1. The van der Waals surface area contributed by atoms with Crippen LogP contribution in [0.2, 0.25) is 0 Å². The van der Waals surface area contributed by atoms with Gasteiger partial charge in [0.1, 0.15) is 11.9 Å². The van der Waals surface area contributed by atoms with Crippen molar-refractivity contribution in [1.82, 2.24) is 9.88 Å². The van der Waals surface area contributed by atoms with E-state index >= 15 is 0 Å². The maximum atomic E-state index is 10.7. The van der Waals surface area contributed by atoms with E-state index in [-0.39, 0.29) is 11.9 Å². The summed E-state index contributed by atoms with van der Waals surface area (Å²) >= 11 is 3.24. The van der Waals surface area contributed by atoms with Crippen LogP contribution in [0, 0.1) is 0 Å². The number of nitrogens with zero attached hydrogens (tertiary/aromatic N) is 3. The molecular weight excluding hydrogens is 304 g/mol. The average molecular weight is 319 g/mol. The zero-order valence-corrected chi connectivity index (χ0v) is 12.2. The molecule has 5 nitrogen and oxygen atoms in total. The van der Waals surface area contributed by atoms with E-state index in [9.17, 15) is 4.21 Å². The van der Waals surface area contributed by atoms with Crippen molar-refractivity contribution in [1.29, 1.82) is 0 Å². The van der Waals surface area contributed by atoms with Crippen molar-refractivity contribution in [2.45, 2.75) is 6.04 Å². The van der Waals surface area contributed by atoms with Crippen LogP contribution >= 0.6 is 15.9 Å². The molecule has 0 spiro atoms. The lowest BCUT2D eigenvalue weighted by Gasteiger charge is -2.44. The van der Waals surface area contributed by atoms with E-state index in [1.54, 1.807) is 6.20 Å². The number of hydrogen-bond donors (Lipinski definition) is 2. The first kappa shape index (κ1) is 12.8. The zero-order valence-electron chi connectivity index (χ0n) is 9.72. The highest BCUT2D eigenvalue weighted by Gasteiger charge is 2.30. The minimum atomic E-state index is -0.112. The number of likely N-dealkylation sites (N-methyl/N-ethyl adjacent to an activating group) is 1. The molecule has 1 aromatic rings. The van der Waals surface area contributed by atoms with E-state index in [1.807, 2.05) is 6.07 Å². The minimum Gasteiger partial charge on any atom is -0.352 e. The molecule has 0 radical (unpaired) electrons. The van der Waals surface area contributed by atoms with Gasteiger partial charge in [-0.3, -0.25) is 0 Å². The first-order valence-corrected chi connectivity index (χ1v) is 6.87. The van der Waals surface area contributed by atoms with Gasteiger partial charge in [-0.2, -0.15) is 0 Å². The topological polar surface area (TPSA) is 48.5 Å². The summed E-state index contributed by atoms with van der Waals surface area (Å²) in [7, 11) is 4.15. The molecule has 0 aromatic carbocycles. The Morgan fingerprint density at radius 3 is 2.88 bits per heavy atom. The van der Waals surface area contributed by atoms with Crippen LogP contribution in [0.4, 0.5) is 11.5 Å². The molecule has 0 bridgehead atoms. The minimum absolute atomic E-state index is 0.112. The number of hydrogen-bond acceptors (Lipinski definition) is 4. The lowest BCUT2D eigenvalue weighted by Crippen LogP contribution is -2.57. The Kier molecular flexibility index (Phi) is 4.01. The second-order valence-corrected chi connectivity index (χ2v) is 5.57. The van der Waals surface area contributed by atoms with Crippen LogP contribution in [0.5, 0.6) is 0 Å². The van der Waals surface area contributed by atoms with Crippen molar-refractivity contribution in [2.75, 3.05) is 36.8 Å². The van der Waals surface area contributed by atoms with Crippen LogP contribution in [-0.2, 0) is 11.9 Å². The molecule has 2 rings (SSSR count). The Balaban J connectivity index is 2.13. The van der Waals surface area contributed by atoms with Crippen molar-refractivity contribution < 1.29 is 4.21 Å². The van der Waals surface area contributed by atoms with Crippen LogP contribution in [0.1, 0.15) is 0 Å². The molecule has 1 aliphatic heterocycles. The fourth-order valence-electron chi connectivity index (χ4n) is 1.77. The molecule has 1 aromatic heterocycles. The van der Waals surface area contributed by atoms with Gasteiger partial charge in [-0.15, -0.1) is 0 Å². The fraction of sp³-hybridized carbons (Fsp3) is 0.500. The Bertz CT molecular complexity index is 423. The van der Waals surface area contributed by atoms with Crippen LogP contribution in [0.25, 0.3) is 0 Å². The Labute approximate surface area is 113 Å². The standard InChI is InChI=1S/C10H15BrN4OS/c1-14(2)8-5-15(6-8)10-9(13-17-16)3-7(11)4-12-10/h3-4,8,17H,5-6H2,1-2H3,(H,13,16). The lowest BCUT2D eigenvalue weighted by molar-refractivity contribution is 0.246. The molecule has 1 saturated heterocycles. The summed E-state index contributed by atoms with van der Waals surface area (Å²) < 4.78 is 14.3. The van der Waals surface area contributed by atoms with Crippen LogP contribution in [-0.4, -0.2) is 47.3 Å². The van der Waals surface area contributed by atoms with Crippen molar-refractivity contribution in [3.8, 4) is 0 Å². The quantitative estimate of drug-likeness (QED) is 0.809. The highest BCUT2D eigenvalue weighted by molar-refractivity contribution is 9.10. The molecule has 0 atom stereocenters. The molecule has 1 fully saturated rings. The van der Waals surface area contributed by atoms with Gasteiger partial charge in [0.2, 0.25) is 0 Å². The number of pyridine rings is 1. The molecule has 0 saturated carbocycles. The first-order chi connectivity index (χ1) is 8.11. The van der Waals surface area contributed by atoms with Gasteiger partial charge in [0, 0.05) is 29.8 Å². The number of thiol groups is 1. The third kappa shape index (κ3) is 2.78. The van der Waals surface area contributed by atoms with Crippen LogP contribution in [0.3, 0.4) is 0 Å². The zero-order chi connectivity index (χ0) is 12.4. The second kappa shape index (κ2) is 5.32. The van der Waals surface area contributed by atoms with Gasteiger partial charge in [-0.25, -0.2) is 9.19 Å². The summed E-state index contributed by atoms with van der Waals surface area (Å²) in [4.78, 5) is 8.74. The molecule has 1 aliphatic rings.